The normalized spacial score (nSPS) is 14.4. The molecule has 260 valence electrons. The molecule has 1 heterocycles. The number of nitrogens with zero attached hydrogens (tertiary/aromatic N) is 2. The van der Waals surface area contributed by atoms with E-state index in [1.54, 1.807) is 0 Å². The summed E-state index contributed by atoms with van der Waals surface area (Å²) in [6, 6.07) is 75.7. The summed E-state index contributed by atoms with van der Waals surface area (Å²) in [5, 5.41) is 0. The molecule has 2 nitrogen and oxygen atoms in total. The van der Waals surface area contributed by atoms with Gasteiger partial charge in [-0.3, -0.25) is 0 Å². The number of benzene rings is 8. The van der Waals surface area contributed by atoms with Gasteiger partial charge in [-0.25, -0.2) is 9.97 Å². The van der Waals surface area contributed by atoms with E-state index in [0.29, 0.717) is 5.82 Å². The number of hydrogen-bond donors (Lipinski definition) is 0. The Balaban J connectivity index is 1.23. The minimum atomic E-state index is -0.565. The summed E-state index contributed by atoms with van der Waals surface area (Å²) in [5.74, 6) is 0.714. The lowest BCUT2D eigenvalue weighted by atomic mass is 9.52. The Morgan fingerprint density at radius 3 is 1.09 bits per heavy atom. The van der Waals surface area contributed by atoms with Gasteiger partial charge in [0, 0.05) is 16.7 Å². The maximum absolute atomic E-state index is 5.35. The van der Waals surface area contributed by atoms with Gasteiger partial charge in [-0.2, -0.15) is 0 Å². The van der Waals surface area contributed by atoms with Crippen LogP contribution in [0.1, 0.15) is 44.5 Å². The van der Waals surface area contributed by atoms with Crippen LogP contribution in [0.3, 0.4) is 0 Å². The van der Waals surface area contributed by atoms with Gasteiger partial charge in [0.15, 0.2) is 5.82 Å². The SMILES string of the molecule is c1ccc(-c2cc(-c3ccc4c(c3)C3(c5ccccc5-c5ccccc53)c3ccccc3C43c4ccccc4-c4ccccc43)nc(-c3ccccc3)n2)cc1. The fourth-order valence-electron chi connectivity index (χ4n) is 10.5. The molecule has 0 bridgehead atoms. The van der Waals surface area contributed by atoms with E-state index in [9.17, 15) is 0 Å². The molecule has 0 saturated heterocycles. The zero-order valence-electron chi connectivity index (χ0n) is 30.5. The summed E-state index contributed by atoms with van der Waals surface area (Å²) in [6.07, 6.45) is 0. The van der Waals surface area contributed by atoms with Gasteiger partial charge in [0.1, 0.15) is 0 Å². The number of hydrogen-bond acceptors (Lipinski definition) is 2. The van der Waals surface area contributed by atoms with Crippen LogP contribution in [0, 0.1) is 0 Å². The molecule has 2 heteroatoms. The van der Waals surface area contributed by atoms with Crippen molar-refractivity contribution in [3.8, 4) is 56.2 Å². The smallest absolute Gasteiger partial charge is 0.160 e. The summed E-state index contributed by atoms with van der Waals surface area (Å²) in [5.41, 5.74) is 19.6. The molecule has 0 N–H and O–H groups in total. The van der Waals surface area contributed by atoms with Gasteiger partial charge in [0.2, 0.25) is 0 Å². The predicted molar refractivity (Wildman–Crippen MR) is 227 cm³/mol. The summed E-state index contributed by atoms with van der Waals surface area (Å²) in [4.78, 5) is 10.5. The van der Waals surface area contributed by atoms with Crippen molar-refractivity contribution in [2.24, 2.45) is 0 Å². The van der Waals surface area contributed by atoms with Crippen LogP contribution >= 0.6 is 0 Å². The second-order valence-electron chi connectivity index (χ2n) is 15.2. The Kier molecular flexibility index (Phi) is 6.50. The second kappa shape index (κ2) is 11.7. The van der Waals surface area contributed by atoms with E-state index in [1.165, 1.54) is 66.8 Å². The highest BCUT2D eigenvalue weighted by atomic mass is 14.9. The Hall–Kier alpha value is -7.16. The van der Waals surface area contributed by atoms with Gasteiger partial charge in [-0.05, 0) is 78.9 Å². The van der Waals surface area contributed by atoms with Gasteiger partial charge in [0.25, 0.3) is 0 Å². The van der Waals surface area contributed by atoms with Crippen molar-refractivity contribution in [2.45, 2.75) is 10.8 Å². The van der Waals surface area contributed by atoms with E-state index in [4.69, 9.17) is 9.97 Å². The lowest BCUT2D eigenvalue weighted by Gasteiger charge is -2.49. The van der Waals surface area contributed by atoms with Crippen molar-refractivity contribution < 1.29 is 0 Å². The molecule has 0 unspecified atom stereocenters. The molecule has 0 fully saturated rings. The fraction of sp³-hybridized carbons (Fsp3) is 0.0370. The topological polar surface area (TPSA) is 25.8 Å². The van der Waals surface area contributed by atoms with Gasteiger partial charge in [-0.15, -0.1) is 0 Å². The molecule has 0 saturated carbocycles. The maximum Gasteiger partial charge on any atom is 0.160 e. The average Bonchev–Trinajstić information content (AvgIpc) is 3.75. The van der Waals surface area contributed by atoms with E-state index in [0.717, 1.165) is 28.1 Å². The van der Waals surface area contributed by atoms with Gasteiger partial charge in [0.05, 0.1) is 22.2 Å². The van der Waals surface area contributed by atoms with E-state index in [1.807, 2.05) is 6.07 Å². The number of fused-ring (bicyclic) bond motifs is 16. The minimum absolute atomic E-state index is 0.522. The largest absolute Gasteiger partial charge is 0.228 e. The highest BCUT2D eigenvalue weighted by molar-refractivity contribution is 5.94. The van der Waals surface area contributed by atoms with Crippen molar-refractivity contribution in [3.05, 3.63) is 251 Å². The molecular formula is C54H34N2. The first kappa shape index (κ1) is 31.2. The van der Waals surface area contributed by atoms with E-state index in [-0.39, 0.29) is 0 Å². The lowest BCUT2D eigenvalue weighted by Crippen LogP contribution is -2.43. The summed E-state index contributed by atoms with van der Waals surface area (Å²) in [7, 11) is 0. The summed E-state index contributed by atoms with van der Waals surface area (Å²) in [6.45, 7) is 0. The standard InChI is InChI=1S/C54H34N2/c1-3-17-35(18-4-1)50-34-51(56-52(55-50)36-19-5-2-6-20-36)37-31-32-48-49(33-37)54(44-27-13-9-23-40(44)41-24-10-14-28-45(41)54)47-30-16-15-29-46(47)53(48)42-25-11-7-21-38(42)39-22-8-12-26-43(39)53/h1-34H. The van der Waals surface area contributed by atoms with Gasteiger partial charge >= 0.3 is 0 Å². The molecule has 0 amide bonds. The molecule has 56 heavy (non-hydrogen) atoms. The Morgan fingerprint density at radius 1 is 0.250 bits per heavy atom. The Bertz CT molecular complexity index is 2880. The van der Waals surface area contributed by atoms with Gasteiger partial charge in [-0.1, -0.05) is 194 Å². The second-order valence-corrected chi connectivity index (χ2v) is 15.2. The molecule has 0 aliphatic heterocycles. The zero-order chi connectivity index (χ0) is 36.8. The van der Waals surface area contributed by atoms with Crippen LogP contribution in [-0.4, -0.2) is 9.97 Å². The van der Waals surface area contributed by atoms with Crippen LogP contribution in [0.25, 0.3) is 56.2 Å². The van der Waals surface area contributed by atoms with Gasteiger partial charge < -0.3 is 0 Å². The fourth-order valence-corrected chi connectivity index (χ4v) is 10.5. The monoisotopic (exact) mass is 710 g/mol. The first-order chi connectivity index (χ1) is 27.8. The highest BCUT2D eigenvalue weighted by Gasteiger charge is 2.58. The Labute approximate surface area is 326 Å². The molecule has 8 aromatic carbocycles. The molecule has 0 radical (unpaired) electrons. The highest BCUT2D eigenvalue weighted by Crippen LogP contribution is 2.67. The molecule has 3 aliphatic carbocycles. The quantitative estimate of drug-likeness (QED) is 0.182. The molecule has 3 aliphatic rings. The summed E-state index contributed by atoms with van der Waals surface area (Å²) >= 11 is 0. The van der Waals surface area contributed by atoms with Crippen LogP contribution in [0.15, 0.2) is 206 Å². The first-order valence-electron chi connectivity index (χ1n) is 19.4. The molecule has 1 aromatic heterocycles. The van der Waals surface area contributed by atoms with E-state index in [2.05, 4.69) is 200 Å². The third-order valence-electron chi connectivity index (χ3n) is 12.6. The average molecular weight is 711 g/mol. The molecule has 12 rings (SSSR count). The Morgan fingerprint density at radius 2 is 0.607 bits per heavy atom. The third kappa shape index (κ3) is 4.00. The molecular weight excluding hydrogens is 677 g/mol. The maximum atomic E-state index is 5.35. The van der Waals surface area contributed by atoms with Crippen molar-refractivity contribution in [1.82, 2.24) is 9.97 Å². The van der Waals surface area contributed by atoms with E-state index < -0.39 is 10.8 Å². The molecule has 2 spiro atoms. The van der Waals surface area contributed by atoms with Crippen molar-refractivity contribution >= 4 is 0 Å². The number of rotatable bonds is 3. The van der Waals surface area contributed by atoms with Crippen molar-refractivity contribution in [1.29, 1.82) is 0 Å². The van der Waals surface area contributed by atoms with Crippen molar-refractivity contribution in [3.63, 3.8) is 0 Å². The van der Waals surface area contributed by atoms with Crippen LogP contribution < -0.4 is 0 Å². The van der Waals surface area contributed by atoms with Crippen LogP contribution in [0.5, 0.6) is 0 Å². The molecule has 9 aromatic rings. The van der Waals surface area contributed by atoms with Crippen molar-refractivity contribution in [2.75, 3.05) is 0 Å². The van der Waals surface area contributed by atoms with E-state index >= 15 is 0 Å². The number of aromatic nitrogens is 2. The summed E-state index contributed by atoms with van der Waals surface area (Å²) < 4.78 is 0. The van der Waals surface area contributed by atoms with Crippen LogP contribution in [0.4, 0.5) is 0 Å². The zero-order valence-corrected chi connectivity index (χ0v) is 30.5. The van der Waals surface area contributed by atoms with Crippen LogP contribution in [0.2, 0.25) is 0 Å². The minimum Gasteiger partial charge on any atom is -0.228 e. The first-order valence-corrected chi connectivity index (χ1v) is 19.4. The van der Waals surface area contributed by atoms with Crippen LogP contribution in [-0.2, 0) is 10.8 Å². The third-order valence-corrected chi connectivity index (χ3v) is 12.6. The lowest BCUT2D eigenvalue weighted by molar-refractivity contribution is 0.633. The molecule has 0 atom stereocenters. The predicted octanol–water partition coefficient (Wildman–Crippen LogP) is 12.5.